The van der Waals surface area contributed by atoms with E-state index in [0.717, 1.165) is 19.3 Å². The highest BCUT2D eigenvalue weighted by Crippen LogP contribution is 2.12. The van der Waals surface area contributed by atoms with E-state index in [0.29, 0.717) is 12.8 Å². The number of rotatable bonds is 6. The summed E-state index contributed by atoms with van der Waals surface area (Å²) in [5.41, 5.74) is 0. The number of hydrogen-bond acceptors (Lipinski definition) is 1. The van der Waals surface area contributed by atoms with E-state index in [1.54, 1.807) is 0 Å². The monoisotopic (exact) mass is 174 g/mol. The first-order valence-electron chi connectivity index (χ1n) is 4.76. The third-order valence-electron chi connectivity index (χ3n) is 1.80. The van der Waals surface area contributed by atoms with E-state index in [4.69, 9.17) is 0 Å². The molecule has 0 aromatic rings. The Hall–Kier alpha value is -0.370. The van der Waals surface area contributed by atoms with E-state index < -0.39 is 6.10 Å². The highest BCUT2D eigenvalue weighted by atomic mass is 19.1. The molecule has 12 heavy (non-hydrogen) atoms. The van der Waals surface area contributed by atoms with Crippen LogP contribution in [0.1, 0.15) is 46.0 Å². The fourth-order valence-corrected chi connectivity index (χ4v) is 1.06. The van der Waals surface area contributed by atoms with Crippen molar-refractivity contribution in [1.82, 2.24) is 0 Å². The SMILES string of the molecule is CC/C=C(\F)C(O)CCCCC. The molecule has 0 bridgehead atoms. The van der Waals surface area contributed by atoms with Crippen LogP contribution < -0.4 is 0 Å². The van der Waals surface area contributed by atoms with Gasteiger partial charge in [-0.2, -0.15) is 0 Å². The minimum absolute atomic E-state index is 0.367. The Morgan fingerprint density at radius 1 is 1.42 bits per heavy atom. The quantitative estimate of drug-likeness (QED) is 0.613. The van der Waals surface area contributed by atoms with Crippen LogP contribution in [-0.2, 0) is 0 Å². The molecule has 1 atom stereocenters. The molecule has 0 saturated heterocycles. The van der Waals surface area contributed by atoms with Crippen LogP contribution in [-0.4, -0.2) is 11.2 Å². The standard InChI is InChI=1S/C10H19FO/c1-3-5-6-8-10(12)9(11)7-4-2/h7,10,12H,3-6,8H2,1-2H3/b9-7-. The minimum Gasteiger partial charge on any atom is -0.386 e. The number of allylic oxidation sites excluding steroid dienone is 1. The number of hydrogen-bond donors (Lipinski definition) is 1. The molecular weight excluding hydrogens is 155 g/mol. The molecule has 0 aliphatic rings. The predicted octanol–water partition coefficient (Wildman–Crippen LogP) is 3.19. The van der Waals surface area contributed by atoms with Crippen molar-refractivity contribution in [3.8, 4) is 0 Å². The largest absolute Gasteiger partial charge is 0.386 e. The Balaban J connectivity index is 3.56. The van der Waals surface area contributed by atoms with Crippen molar-refractivity contribution in [2.45, 2.75) is 52.1 Å². The molecule has 0 rings (SSSR count). The van der Waals surface area contributed by atoms with Crippen molar-refractivity contribution in [3.05, 3.63) is 11.9 Å². The van der Waals surface area contributed by atoms with Gasteiger partial charge in [-0.3, -0.25) is 0 Å². The van der Waals surface area contributed by atoms with E-state index in [-0.39, 0.29) is 5.83 Å². The molecule has 0 fully saturated rings. The summed E-state index contributed by atoms with van der Waals surface area (Å²) < 4.78 is 12.8. The molecule has 0 radical (unpaired) electrons. The third kappa shape index (κ3) is 5.30. The third-order valence-corrected chi connectivity index (χ3v) is 1.80. The van der Waals surface area contributed by atoms with Crippen LogP contribution in [0, 0.1) is 0 Å². The van der Waals surface area contributed by atoms with Gasteiger partial charge in [-0.1, -0.05) is 39.2 Å². The van der Waals surface area contributed by atoms with Gasteiger partial charge < -0.3 is 5.11 Å². The molecule has 1 N–H and O–H groups in total. The topological polar surface area (TPSA) is 20.2 Å². The second-order valence-electron chi connectivity index (χ2n) is 3.01. The molecule has 0 aliphatic carbocycles. The van der Waals surface area contributed by atoms with Crippen LogP contribution in [0.5, 0.6) is 0 Å². The van der Waals surface area contributed by atoms with Gasteiger partial charge in [-0.05, 0) is 12.8 Å². The van der Waals surface area contributed by atoms with Gasteiger partial charge in [0.1, 0.15) is 11.9 Å². The molecule has 0 amide bonds. The van der Waals surface area contributed by atoms with Crippen molar-refractivity contribution < 1.29 is 9.50 Å². The van der Waals surface area contributed by atoms with Gasteiger partial charge in [0.15, 0.2) is 0 Å². The first-order chi connectivity index (χ1) is 5.72. The van der Waals surface area contributed by atoms with Crippen molar-refractivity contribution in [3.63, 3.8) is 0 Å². The van der Waals surface area contributed by atoms with Crippen molar-refractivity contribution in [2.75, 3.05) is 0 Å². The maximum absolute atomic E-state index is 12.8. The zero-order valence-electron chi connectivity index (χ0n) is 8.02. The summed E-state index contributed by atoms with van der Waals surface area (Å²) in [5.74, 6) is -0.367. The fraction of sp³-hybridized carbons (Fsp3) is 0.800. The van der Waals surface area contributed by atoms with Gasteiger partial charge in [-0.15, -0.1) is 0 Å². The molecule has 0 aliphatic heterocycles. The van der Waals surface area contributed by atoms with E-state index in [1.807, 2.05) is 6.92 Å². The van der Waals surface area contributed by atoms with Crippen LogP contribution in [0.2, 0.25) is 0 Å². The lowest BCUT2D eigenvalue weighted by Crippen LogP contribution is -2.06. The van der Waals surface area contributed by atoms with Crippen molar-refractivity contribution in [2.24, 2.45) is 0 Å². The zero-order valence-corrected chi connectivity index (χ0v) is 8.02. The predicted molar refractivity (Wildman–Crippen MR) is 49.6 cm³/mol. The van der Waals surface area contributed by atoms with Gasteiger partial charge in [0.05, 0.1) is 0 Å². The smallest absolute Gasteiger partial charge is 0.124 e. The highest BCUT2D eigenvalue weighted by Gasteiger charge is 2.08. The summed E-state index contributed by atoms with van der Waals surface area (Å²) in [6, 6.07) is 0. The van der Waals surface area contributed by atoms with Crippen molar-refractivity contribution in [1.29, 1.82) is 0 Å². The molecule has 0 heterocycles. The van der Waals surface area contributed by atoms with E-state index >= 15 is 0 Å². The summed E-state index contributed by atoms with van der Waals surface area (Å²) >= 11 is 0. The summed E-state index contributed by atoms with van der Waals surface area (Å²) in [6.45, 7) is 3.95. The van der Waals surface area contributed by atoms with Crippen LogP contribution >= 0.6 is 0 Å². The Labute approximate surface area is 74.3 Å². The van der Waals surface area contributed by atoms with Gasteiger partial charge in [0.25, 0.3) is 0 Å². The Kier molecular flexibility index (Phi) is 7.06. The summed E-state index contributed by atoms with van der Waals surface area (Å²) in [4.78, 5) is 0. The molecular formula is C10H19FO. The molecule has 2 heteroatoms. The lowest BCUT2D eigenvalue weighted by molar-refractivity contribution is 0.168. The minimum atomic E-state index is -0.864. The number of halogens is 1. The molecule has 0 aromatic carbocycles. The lowest BCUT2D eigenvalue weighted by atomic mass is 10.1. The van der Waals surface area contributed by atoms with Gasteiger partial charge in [0, 0.05) is 0 Å². The van der Waals surface area contributed by atoms with E-state index in [1.165, 1.54) is 6.08 Å². The van der Waals surface area contributed by atoms with Gasteiger partial charge in [-0.25, -0.2) is 4.39 Å². The van der Waals surface area contributed by atoms with E-state index in [2.05, 4.69) is 6.92 Å². The van der Waals surface area contributed by atoms with Gasteiger partial charge in [0.2, 0.25) is 0 Å². The second kappa shape index (κ2) is 7.29. The highest BCUT2D eigenvalue weighted by molar-refractivity contribution is 4.97. The zero-order chi connectivity index (χ0) is 9.40. The Morgan fingerprint density at radius 3 is 2.58 bits per heavy atom. The summed E-state index contributed by atoms with van der Waals surface area (Å²) in [7, 11) is 0. The molecule has 72 valence electrons. The van der Waals surface area contributed by atoms with E-state index in [9.17, 15) is 9.50 Å². The normalized spacial score (nSPS) is 14.8. The fourth-order valence-electron chi connectivity index (χ4n) is 1.06. The molecule has 0 aromatic heterocycles. The van der Waals surface area contributed by atoms with Crippen LogP contribution in [0.15, 0.2) is 11.9 Å². The van der Waals surface area contributed by atoms with Crippen LogP contribution in [0.4, 0.5) is 4.39 Å². The number of aliphatic hydroxyl groups excluding tert-OH is 1. The van der Waals surface area contributed by atoms with Crippen LogP contribution in [0.3, 0.4) is 0 Å². The summed E-state index contributed by atoms with van der Waals surface area (Å²) in [6.07, 6.45) is 4.85. The second-order valence-corrected chi connectivity index (χ2v) is 3.01. The lowest BCUT2D eigenvalue weighted by Gasteiger charge is -2.06. The van der Waals surface area contributed by atoms with Gasteiger partial charge >= 0.3 is 0 Å². The number of unbranched alkanes of at least 4 members (excludes halogenated alkanes) is 2. The number of aliphatic hydroxyl groups is 1. The first-order valence-corrected chi connectivity index (χ1v) is 4.76. The molecule has 0 spiro atoms. The average Bonchev–Trinajstić information content (AvgIpc) is 2.05. The molecule has 1 unspecified atom stereocenters. The van der Waals surface area contributed by atoms with Crippen LogP contribution in [0.25, 0.3) is 0 Å². The Bertz CT molecular complexity index is 132. The molecule has 0 saturated carbocycles. The Morgan fingerprint density at radius 2 is 2.08 bits per heavy atom. The maximum atomic E-state index is 12.8. The van der Waals surface area contributed by atoms with Crippen molar-refractivity contribution >= 4 is 0 Å². The average molecular weight is 174 g/mol. The first kappa shape index (κ1) is 11.6. The summed E-state index contributed by atoms with van der Waals surface area (Å²) in [5, 5.41) is 9.23. The molecule has 1 nitrogen and oxygen atoms in total. The maximum Gasteiger partial charge on any atom is 0.124 e.